The molecule has 0 fully saturated rings. The lowest BCUT2D eigenvalue weighted by Gasteiger charge is -2.23. The molecule has 3 aromatic carbocycles. The molecule has 4 rings (SSSR count). The molecule has 1 unspecified atom stereocenters. The maximum atomic E-state index is 13.2. The lowest BCUT2D eigenvalue weighted by Crippen LogP contribution is -2.39. The van der Waals surface area contributed by atoms with Gasteiger partial charge in [0.25, 0.3) is 0 Å². The van der Waals surface area contributed by atoms with Gasteiger partial charge in [-0.25, -0.2) is 0 Å². The van der Waals surface area contributed by atoms with E-state index < -0.39 is 11.9 Å². The van der Waals surface area contributed by atoms with Gasteiger partial charge in [-0.2, -0.15) is 0 Å². The van der Waals surface area contributed by atoms with E-state index in [4.69, 9.17) is 21.7 Å². The quantitative estimate of drug-likeness (QED) is 0.331. The Bertz CT molecular complexity index is 1450. The van der Waals surface area contributed by atoms with Crippen LogP contribution in [0.15, 0.2) is 71.7 Å². The van der Waals surface area contributed by atoms with Gasteiger partial charge in [0.1, 0.15) is 5.92 Å². The summed E-state index contributed by atoms with van der Waals surface area (Å²) >= 11 is 6.16. The number of halogens is 1. The summed E-state index contributed by atoms with van der Waals surface area (Å²) in [6.45, 7) is 1.94. The molecule has 1 aliphatic rings. The Labute approximate surface area is 245 Å². The number of carbonyl (C=O) groups is 3. The smallest absolute Gasteiger partial charge is 0.307 e. The number of aliphatic imine (C=N–C) groups is 1. The van der Waals surface area contributed by atoms with Crippen molar-refractivity contribution < 1.29 is 19.5 Å². The third-order valence-electron chi connectivity index (χ3n) is 6.92. The molecule has 0 saturated carbocycles. The van der Waals surface area contributed by atoms with Crippen molar-refractivity contribution in [3.63, 3.8) is 0 Å². The van der Waals surface area contributed by atoms with Crippen LogP contribution in [-0.2, 0) is 20.8 Å². The Morgan fingerprint density at radius 2 is 1.63 bits per heavy atom. The summed E-state index contributed by atoms with van der Waals surface area (Å²) in [5.41, 5.74) is 4.59. The van der Waals surface area contributed by atoms with Gasteiger partial charge in [-0.15, -0.1) is 0 Å². The van der Waals surface area contributed by atoms with Gasteiger partial charge < -0.3 is 20.2 Å². The molecular weight excluding hydrogens is 542 g/mol. The summed E-state index contributed by atoms with van der Waals surface area (Å²) in [6.07, 6.45) is -0.100. The second kappa shape index (κ2) is 13.1. The number of fused-ring (bicyclic) bond motifs is 1. The second-order valence-corrected chi connectivity index (χ2v) is 10.9. The molecule has 0 saturated heterocycles. The standard InChI is InChI=1S/C31H34ClN5O4/c1-35(2)15-16-36(3)19-27(38)37(4)24-12-10-23(11-13-24)33-30(21-7-5-20(6-8-21)17-28(39)40)29-25-14-9-22(32)18-26(25)34-31(29)41/h5-14,18,29H,15-17,19H2,1-4H3,(H,34,41)(H,39,40). The average molecular weight is 576 g/mol. The van der Waals surface area contributed by atoms with E-state index in [0.29, 0.717) is 39.8 Å². The molecule has 0 spiro atoms. The van der Waals surface area contributed by atoms with E-state index in [9.17, 15) is 14.4 Å². The van der Waals surface area contributed by atoms with Crippen molar-refractivity contribution in [3.8, 4) is 0 Å². The number of hydrogen-bond donors (Lipinski definition) is 2. The topological polar surface area (TPSA) is 106 Å². The predicted octanol–water partition coefficient (Wildman–Crippen LogP) is 4.28. The number of benzene rings is 3. The zero-order chi connectivity index (χ0) is 29.7. The SMILES string of the molecule is CN(C)CCN(C)CC(=O)N(C)c1ccc(N=C(c2ccc(CC(=O)O)cc2)C2C(=O)Nc3cc(Cl)ccc32)cc1. The van der Waals surface area contributed by atoms with Crippen LogP contribution in [0.5, 0.6) is 0 Å². The fourth-order valence-corrected chi connectivity index (χ4v) is 4.76. The molecule has 1 heterocycles. The van der Waals surface area contributed by atoms with Crippen LogP contribution in [-0.4, -0.2) is 86.2 Å². The van der Waals surface area contributed by atoms with Crippen molar-refractivity contribution in [3.05, 3.63) is 88.4 Å². The number of nitrogens with one attached hydrogen (secondary N) is 1. The van der Waals surface area contributed by atoms with Crippen LogP contribution in [0.2, 0.25) is 5.02 Å². The van der Waals surface area contributed by atoms with Gasteiger partial charge in [-0.1, -0.05) is 41.9 Å². The largest absolute Gasteiger partial charge is 0.481 e. The first-order chi connectivity index (χ1) is 19.5. The third kappa shape index (κ3) is 7.58. The number of hydrogen-bond acceptors (Lipinski definition) is 6. The molecule has 1 atom stereocenters. The van der Waals surface area contributed by atoms with Crippen molar-refractivity contribution in [1.82, 2.24) is 9.80 Å². The summed E-state index contributed by atoms with van der Waals surface area (Å²) < 4.78 is 0. The van der Waals surface area contributed by atoms with Crippen LogP contribution in [0.4, 0.5) is 17.1 Å². The lowest BCUT2D eigenvalue weighted by molar-refractivity contribution is -0.136. The van der Waals surface area contributed by atoms with Crippen molar-refractivity contribution in [2.45, 2.75) is 12.3 Å². The first-order valence-corrected chi connectivity index (χ1v) is 13.6. The van der Waals surface area contributed by atoms with Gasteiger partial charge in [-0.05, 0) is 74.2 Å². The first kappa shape index (κ1) is 29.9. The molecule has 214 valence electrons. The van der Waals surface area contributed by atoms with Crippen LogP contribution in [0.1, 0.15) is 22.6 Å². The number of anilines is 2. The molecule has 10 heteroatoms. The van der Waals surface area contributed by atoms with Gasteiger partial charge in [0.2, 0.25) is 11.8 Å². The Morgan fingerprint density at radius 1 is 0.951 bits per heavy atom. The maximum absolute atomic E-state index is 13.2. The van der Waals surface area contributed by atoms with E-state index in [1.165, 1.54) is 0 Å². The molecule has 0 bridgehead atoms. The van der Waals surface area contributed by atoms with Crippen molar-refractivity contribution in [2.75, 3.05) is 58.0 Å². The highest BCUT2D eigenvalue weighted by Crippen LogP contribution is 2.38. The highest BCUT2D eigenvalue weighted by Gasteiger charge is 2.35. The number of carboxylic acids is 1. The minimum absolute atomic E-state index is 0.0254. The highest BCUT2D eigenvalue weighted by atomic mass is 35.5. The second-order valence-electron chi connectivity index (χ2n) is 10.4. The van der Waals surface area contributed by atoms with E-state index >= 15 is 0 Å². The number of carboxylic acid groups (broad SMARTS) is 1. The van der Waals surface area contributed by atoms with Crippen LogP contribution in [0.25, 0.3) is 0 Å². The van der Waals surface area contributed by atoms with E-state index in [-0.39, 0.29) is 18.2 Å². The number of carbonyl (C=O) groups excluding carboxylic acids is 2. The minimum Gasteiger partial charge on any atom is -0.481 e. The summed E-state index contributed by atoms with van der Waals surface area (Å²) in [6, 6.07) is 19.6. The Hall–Kier alpha value is -4.05. The van der Waals surface area contributed by atoms with E-state index in [1.54, 1.807) is 48.3 Å². The van der Waals surface area contributed by atoms with Crippen LogP contribution >= 0.6 is 11.6 Å². The maximum Gasteiger partial charge on any atom is 0.307 e. The normalized spacial score (nSPS) is 14.8. The Kier molecular flexibility index (Phi) is 9.54. The fraction of sp³-hybridized carbons (Fsp3) is 0.290. The van der Waals surface area contributed by atoms with Crippen molar-refractivity contribution >= 4 is 52.2 Å². The van der Waals surface area contributed by atoms with E-state index in [1.807, 2.05) is 56.4 Å². The van der Waals surface area contributed by atoms with Crippen molar-refractivity contribution in [1.29, 1.82) is 0 Å². The number of rotatable bonds is 11. The van der Waals surface area contributed by atoms with E-state index in [0.717, 1.165) is 24.3 Å². The molecule has 41 heavy (non-hydrogen) atoms. The van der Waals surface area contributed by atoms with Gasteiger partial charge >= 0.3 is 5.97 Å². The molecule has 2 N–H and O–H groups in total. The Balaban J connectivity index is 1.62. The van der Waals surface area contributed by atoms with Crippen molar-refractivity contribution in [2.24, 2.45) is 4.99 Å². The third-order valence-corrected chi connectivity index (χ3v) is 7.15. The van der Waals surface area contributed by atoms with Crippen LogP contribution < -0.4 is 10.2 Å². The highest BCUT2D eigenvalue weighted by molar-refractivity contribution is 6.31. The molecule has 9 nitrogen and oxygen atoms in total. The molecule has 3 aromatic rings. The minimum atomic E-state index is -0.920. The van der Waals surface area contributed by atoms with Gasteiger partial charge in [-0.3, -0.25) is 24.3 Å². The van der Waals surface area contributed by atoms with Crippen LogP contribution in [0.3, 0.4) is 0 Å². The van der Waals surface area contributed by atoms with Gasteiger partial charge in [0.15, 0.2) is 0 Å². The van der Waals surface area contributed by atoms with Gasteiger partial charge in [0, 0.05) is 36.5 Å². The van der Waals surface area contributed by atoms with Gasteiger partial charge in [0.05, 0.1) is 24.4 Å². The number of amides is 2. The molecule has 0 aliphatic carbocycles. The monoisotopic (exact) mass is 575 g/mol. The van der Waals surface area contributed by atoms with E-state index in [2.05, 4.69) is 10.2 Å². The average Bonchev–Trinajstić information content (AvgIpc) is 3.25. The van der Waals surface area contributed by atoms with Crippen LogP contribution in [0, 0.1) is 0 Å². The summed E-state index contributed by atoms with van der Waals surface area (Å²) in [4.78, 5) is 47.8. The summed E-state index contributed by atoms with van der Waals surface area (Å²) in [5.74, 6) is -1.86. The summed E-state index contributed by atoms with van der Waals surface area (Å²) in [7, 11) is 7.67. The zero-order valence-corrected chi connectivity index (χ0v) is 24.4. The molecule has 0 aromatic heterocycles. The lowest BCUT2D eigenvalue weighted by atomic mass is 9.90. The molecule has 2 amide bonds. The summed E-state index contributed by atoms with van der Waals surface area (Å²) in [5, 5.41) is 12.6. The molecule has 1 aliphatic heterocycles. The molecular formula is C31H34ClN5O4. The molecule has 0 radical (unpaired) electrons. The number of likely N-dealkylation sites (N-methyl/N-ethyl adjacent to an activating group) is 3. The zero-order valence-electron chi connectivity index (χ0n) is 23.6. The Morgan fingerprint density at radius 3 is 2.27 bits per heavy atom. The predicted molar refractivity (Wildman–Crippen MR) is 163 cm³/mol. The first-order valence-electron chi connectivity index (χ1n) is 13.2. The number of nitrogens with zero attached hydrogens (tertiary/aromatic N) is 4. The number of aliphatic carboxylic acids is 1. The fourth-order valence-electron chi connectivity index (χ4n) is 4.59.